The van der Waals surface area contributed by atoms with Gasteiger partial charge in [-0.1, -0.05) is 24.3 Å². The number of hydrogen-bond acceptors (Lipinski definition) is 5. The van der Waals surface area contributed by atoms with E-state index < -0.39 is 0 Å². The van der Waals surface area contributed by atoms with Gasteiger partial charge in [-0.2, -0.15) is 0 Å². The predicted octanol–water partition coefficient (Wildman–Crippen LogP) is 4.92. The molecule has 3 rings (SSSR count). The smallest absolute Gasteiger partial charge is 0.136 e. The van der Waals surface area contributed by atoms with E-state index in [0.717, 1.165) is 28.8 Å². The van der Waals surface area contributed by atoms with E-state index in [1.54, 1.807) is 6.08 Å². The van der Waals surface area contributed by atoms with Crippen molar-refractivity contribution in [1.29, 1.82) is 0 Å². The maximum Gasteiger partial charge on any atom is 0.136 e. The molecule has 126 valence electrons. The lowest BCUT2D eigenvalue weighted by molar-refractivity contribution is 0.483. The quantitative estimate of drug-likeness (QED) is 0.601. The Labute approximate surface area is 147 Å². The molecule has 5 heteroatoms. The van der Waals surface area contributed by atoms with E-state index >= 15 is 0 Å². The molecule has 3 aromatic rings. The van der Waals surface area contributed by atoms with Gasteiger partial charge in [0, 0.05) is 18.3 Å². The topological polar surface area (TPSA) is 59.1 Å². The molecule has 0 saturated heterocycles. The van der Waals surface area contributed by atoms with Crippen molar-refractivity contribution < 1.29 is 4.74 Å². The first kappa shape index (κ1) is 16.5. The maximum absolute atomic E-state index is 5.79. The number of para-hydroxylation sites is 1. The Hall–Kier alpha value is -3.34. The van der Waals surface area contributed by atoms with Crippen LogP contribution in [-0.4, -0.2) is 16.5 Å². The van der Waals surface area contributed by atoms with Crippen LogP contribution in [0.5, 0.6) is 11.5 Å². The molecular weight excluding hydrogens is 312 g/mol. The number of anilines is 3. The summed E-state index contributed by atoms with van der Waals surface area (Å²) in [5.74, 6) is 3.78. The average Bonchev–Trinajstić information content (AvgIpc) is 2.62. The number of aromatic nitrogens is 2. The Kier molecular flexibility index (Phi) is 5.26. The summed E-state index contributed by atoms with van der Waals surface area (Å²) in [6, 6.07) is 19.3. The van der Waals surface area contributed by atoms with E-state index in [9.17, 15) is 0 Å². The number of benzene rings is 2. The first-order valence-electron chi connectivity index (χ1n) is 8.03. The molecule has 1 aromatic heterocycles. The van der Waals surface area contributed by atoms with Crippen molar-refractivity contribution in [2.75, 3.05) is 17.2 Å². The van der Waals surface area contributed by atoms with Gasteiger partial charge in [0.2, 0.25) is 0 Å². The molecule has 0 aliphatic rings. The van der Waals surface area contributed by atoms with Gasteiger partial charge in [0.05, 0.1) is 0 Å². The number of ether oxygens (including phenoxy) is 1. The van der Waals surface area contributed by atoms with Crippen molar-refractivity contribution in [3.05, 3.63) is 79.1 Å². The van der Waals surface area contributed by atoms with Gasteiger partial charge in [0.15, 0.2) is 0 Å². The second kappa shape index (κ2) is 7.97. The molecule has 0 atom stereocenters. The predicted molar refractivity (Wildman–Crippen MR) is 102 cm³/mol. The Morgan fingerprint density at radius 1 is 0.960 bits per heavy atom. The molecule has 0 aliphatic carbocycles. The third-order valence-corrected chi connectivity index (χ3v) is 3.37. The van der Waals surface area contributed by atoms with Gasteiger partial charge in [0.25, 0.3) is 0 Å². The summed E-state index contributed by atoms with van der Waals surface area (Å²) >= 11 is 0. The van der Waals surface area contributed by atoms with Crippen LogP contribution in [0.4, 0.5) is 17.3 Å². The fourth-order valence-electron chi connectivity index (χ4n) is 2.28. The highest BCUT2D eigenvalue weighted by Crippen LogP contribution is 2.24. The van der Waals surface area contributed by atoms with E-state index in [1.807, 2.05) is 67.6 Å². The molecule has 5 nitrogen and oxygen atoms in total. The molecule has 2 aromatic carbocycles. The molecule has 0 radical (unpaired) electrons. The SMILES string of the molecule is C=CCNc1cc(Nc2ccc(Oc3ccccc3)cc2)nc(C)n1. The van der Waals surface area contributed by atoms with E-state index in [4.69, 9.17) is 4.74 Å². The Balaban J connectivity index is 1.69. The van der Waals surface area contributed by atoms with Crippen LogP contribution in [0.2, 0.25) is 0 Å². The number of rotatable bonds is 7. The Bertz CT molecular complexity index is 832. The minimum absolute atomic E-state index is 0.654. The van der Waals surface area contributed by atoms with Crippen molar-refractivity contribution in [3.8, 4) is 11.5 Å². The summed E-state index contributed by atoms with van der Waals surface area (Å²) in [4.78, 5) is 8.75. The van der Waals surface area contributed by atoms with Crippen LogP contribution in [0.3, 0.4) is 0 Å². The van der Waals surface area contributed by atoms with Gasteiger partial charge < -0.3 is 15.4 Å². The first-order valence-corrected chi connectivity index (χ1v) is 8.03. The molecule has 1 heterocycles. The van der Waals surface area contributed by atoms with Crippen molar-refractivity contribution >= 4 is 17.3 Å². The van der Waals surface area contributed by atoms with Crippen molar-refractivity contribution in [1.82, 2.24) is 9.97 Å². The second-order valence-corrected chi connectivity index (χ2v) is 5.42. The molecule has 25 heavy (non-hydrogen) atoms. The van der Waals surface area contributed by atoms with Gasteiger partial charge in [0.1, 0.15) is 29.0 Å². The zero-order chi connectivity index (χ0) is 17.5. The van der Waals surface area contributed by atoms with Gasteiger partial charge in [-0.15, -0.1) is 6.58 Å². The molecular formula is C20H20N4O. The van der Waals surface area contributed by atoms with E-state index in [0.29, 0.717) is 12.4 Å². The third kappa shape index (κ3) is 4.81. The van der Waals surface area contributed by atoms with Crippen LogP contribution in [0, 0.1) is 6.92 Å². The minimum Gasteiger partial charge on any atom is -0.457 e. The molecule has 0 amide bonds. The fourth-order valence-corrected chi connectivity index (χ4v) is 2.28. The molecule has 2 N–H and O–H groups in total. The summed E-state index contributed by atoms with van der Waals surface area (Å²) in [6.45, 7) is 6.21. The van der Waals surface area contributed by atoms with Gasteiger partial charge in [-0.3, -0.25) is 0 Å². The molecule has 0 fully saturated rings. The van der Waals surface area contributed by atoms with Crippen LogP contribution in [0.25, 0.3) is 0 Å². The summed E-state index contributed by atoms with van der Waals surface area (Å²) in [7, 11) is 0. The van der Waals surface area contributed by atoms with E-state index in [-0.39, 0.29) is 0 Å². The van der Waals surface area contributed by atoms with Crippen LogP contribution < -0.4 is 15.4 Å². The number of nitrogens with one attached hydrogen (secondary N) is 2. The second-order valence-electron chi connectivity index (χ2n) is 5.42. The molecule has 0 spiro atoms. The summed E-state index contributed by atoms with van der Waals surface area (Å²) in [5.41, 5.74) is 0.924. The van der Waals surface area contributed by atoms with Gasteiger partial charge in [-0.05, 0) is 43.3 Å². The fraction of sp³-hybridized carbons (Fsp3) is 0.100. The highest BCUT2D eigenvalue weighted by Gasteiger charge is 2.03. The molecule has 0 unspecified atom stereocenters. The average molecular weight is 332 g/mol. The minimum atomic E-state index is 0.654. The zero-order valence-corrected chi connectivity index (χ0v) is 14.1. The standard InChI is InChI=1S/C20H20N4O/c1-3-13-21-19-14-20(23-15(2)22-19)24-16-9-11-18(12-10-16)25-17-7-5-4-6-8-17/h3-12,14H,1,13H2,2H3,(H2,21,22,23,24). The Morgan fingerprint density at radius 2 is 1.64 bits per heavy atom. The highest BCUT2D eigenvalue weighted by atomic mass is 16.5. The maximum atomic E-state index is 5.79. The van der Waals surface area contributed by atoms with Gasteiger partial charge in [-0.25, -0.2) is 9.97 Å². The van der Waals surface area contributed by atoms with Crippen LogP contribution in [0.15, 0.2) is 73.3 Å². The largest absolute Gasteiger partial charge is 0.457 e. The normalized spacial score (nSPS) is 10.1. The summed E-state index contributed by atoms with van der Waals surface area (Å²) in [6.07, 6.45) is 1.79. The first-order chi connectivity index (χ1) is 12.2. The van der Waals surface area contributed by atoms with Crippen LogP contribution in [-0.2, 0) is 0 Å². The lowest BCUT2D eigenvalue weighted by atomic mass is 10.3. The monoisotopic (exact) mass is 332 g/mol. The number of nitrogens with zero attached hydrogens (tertiary/aromatic N) is 2. The van der Waals surface area contributed by atoms with Crippen molar-refractivity contribution in [3.63, 3.8) is 0 Å². The number of hydrogen-bond donors (Lipinski definition) is 2. The zero-order valence-electron chi connectivity index (χ0n) is 14.1. The lowest BCUT2D eigenvalue weighted by Crippen LogP contribution is -2.04. The molecule has 0 saturated carbocycles. The number of aryl methyl sites for hydroxylation is 1. The molecule has 0 aliphatic heterocycles. The van der Waals surface area contributed by atoms with Crippen LogP contribution in [0.1, 0.15) is 5.82 Å². The third-order valence-electron chi connectivity index (χ3n) is 3.37. The van der Waals surface area contributed by atoms with Crippen molar-refractivity contribution in [2.24, 2.45) is 0 Å². The van der Waals surface area contributed by atoms with E-state index in [2.05, 4.69) is 27.2 Å². The summed E-state index contributed by atoms with van der Waals surface area (Å²) < 4.78 is 5.79. The highest BCUT2D eigenvalue weighted by molar-refractivity contribution is 5.60. The summed E-state index contributed by atoms with van der Waals surface area (Å²) in [5, 5.41) is 6.45. The lowest BCUT2D eigenvalue weighted by Gasteiger charge is -2.10. The van der Waals surface area contributed by atoms with Crippen molar-refractivity contribution in [2.45, 2.75) is 6.92 Å². The van der Waals surface area contributed by atoms with E-state index in [1.165, 1.54) is 0 Å². The Morgan fingerprint density at radius 3 is 2.36 bits per heavy atom. The van der Waals surface area contributed by atoms with Crippen LogP contribution >= 0.6 is 0 Å². The van der Waals surface area contributed by atoms with Gasteiger partial charge >= 0.3 is 0 Å². The molecule has 0 bridgehead atoms.